The molecule has 1 fully saturated rings. The average molecular weight is 180 g/mol. The molecule has 0 atom stereocenters. The van der Waals surface area contributed by atoms with Gasteiger partial charge in [-0.2, -0.15) is 15.4 Å². The Bertz CT molecular complexity index is 329. The molecule has 1 aromatic heterocycles. The van der Waals surface area contributed by atoms with E-state index >= 15 is 0 Å². The second-order valence-electron chi connectivity index (χ2n) is 3.40. The molecule has 1 aromatic rings. The Morgan fingerprint density at radius 1 is 1.54 bits per heavy atom. The Morgan fingerprint density at radius 3 is 2.69 bits per heavy atom. The number of aromatic amines is 1. The van der Waals surface area contributed by atoms with Crippen molar-refractivity contribution >= 4 is 5.91 Å². The van der Waals surface area contributed by atoms with Crippen LogP contribution in [0.15, 0.2) is 0 Å². The summed E-state index contributed by atoms with van der Waals surface area (Å²) in [6, 6.07) is 0.420. The van der Waals surface area contributed by atoms with Crippen LogP contribution in [-0.4, -0.2) is 39.3 Å². The van der Waals surface area contributed by atoms with Gasteiger partial charge < -0.3 is 4.90 Å². The second kappa shape index (κ2) is 2.83. The second-order valence-corrected chi connectivity index (χ2v) is 3.40. The van der Waals surface area contributed by atoms with Crippen LogP contribution >= 0.6 is 0 Å². The van der Waals surface area contributed by atoms with Crippen molar-refractivity contribution in [3.8, 4) is 0 Å². The fourth-order valence-electron chi connectivity index (χ4n) is 1.28. The number of aromatic nitrogens is 3. The fourth-order valence-corrected chi connectivity index (χ4v) is 1.28. The highest BCUT2D eigenvalue weighted by Gasteiger charge is 2.31. The molecule has 1 heterocycles. The summed E-state index contributed by atoms with van der Waals surface area (Å²) in [6.07, 6.45) is 2.22. The van der Waals surface area contributed by atoms with Gasteiger partial charge in [-0.25, -0.2) is 0 Å². The standard InChI is InChI=1S/C8H12N4O/c1-5-7(10-11-9-5)8(13)12(2)6-3-4-6/h6H,3-4H2,1-2H3,(H,9,10,11). The third kappa shape index (κ3) is 1.41. The van der Waals surface area contributed by atoms with Gasteiger partial charge in [0.15, 0.2) is 5.69 Å². The first-order chi connectivity index (χ1) is 6.20. The van der Waals surface area contributed by atoms with E-state index in [1.165, 1.54) is 0 Å². The number of hydrogen-bond donors (Lipinski definition) is 1. The smallest absolute Gasteiger partial charge is 0.276 e. The largest absolute Gasteiger partial charge is 0.337 e. The highest BCUT2D eigenvalue weighted by Crippen LogP contribution is 2.26. The van der Waals surface area contributed by atoms with Gasteiger partial charge in [0.2, 0.25) is 0 Å². The quantitative estimate of drug-likeness (QED) is 0.714. The molecule has 0 aromatic carbocycles. The summed E-state index contributed by atoms with van der Waals surface area (Å²) < 4.78 is 0. The van der Waals surface area contributed by atoms with Crippen LogP contribution in [0.5, 0.6) is 0 Å². The number of aryl methyl sites for hydroxylation is 1. The highest BCUT2D eigenvalue weighted by molar-refractivity contribution is 5.93. The van der Waals surface area contributed by atoms with Crippen LogP contribution in [0.2, 0.25) is 0 Å². The van der Waals surface area contributed by atoms with Crippen molar-refractivity contribution in [3.05, 3.63) is 11.4 Å². The first kappa shape index (κ1) is 8.22. The van der Waals surface area contributed by atoms with Crippen LogP contribution in [0.3, 0.4) is 0 Å². The summed E-state index contributed by atoms with van der Waals surface area (Å²) in [4.78, 5) is 13.5. The third-order valence-electron chi connectivity index (χ3n) is 2.34. The monoisotopic (exact) mass is 180 g/mol. The van der Waals surface area contributed by atoms with Gasteiger partial charge in [0.1, 0.15) is 0 Å². The molecule has 5 heteroatoms. The topological polar surface area (TPSA) is 61.9 Å². The van der Waals surface area contributed by atoms with Crippen molar-refractivity contribution in [1.29, 1.82) is 0 Å². The molecule has 1 saturated carbocycles. The first-order valence-corrected chi connectivity index (χ1v) is 4.34. The number of hydrogen-bond acceptors (Lipinski definition) is 3. The summed E-state index contributed by atoms with van der Waals surface area (Å²) in [5, 5.41) is 10.1. The van der Waals surface area contributed by atoms with Crippen LogP contribution in [0.25, 0.3) is 0 Å². The molecular formula is C8H12N4O. The van der Waals surface area contributed by atoms with Crippen molar-refractivity contribution in [2.45, 2.75) is 25.8 Å². The Morgan fingerprint density at radius 2 is 2.23 bits per heavy atom. The van der Waals surface area contributed by atoms with Crippen LogP contribution in [0, 0.1) is 6.92 Å². The van der Waals surface area contributed by atoms with E-state index in [1.54, 1.807) is 11.8 Å². The maximum Gasteiger partial charge on any atom is 0.276 e. The van der Waals surface area contributed by atoms with Crippen molar-refractivity contribution in [2.75, 3.05) is 7.05 Å². The number of nitrogens with zero attached hydrogens (tertiary/aromatic N) is 3. The van der Waals surface area contributed by atoms with Gasteiger partial charge in [0, 0.05) is 13.1 Å². The molecule has 5 nitrogen and oxygen atoms in total. The van der Waals surface area contributed by atoms with Crippen LogP contribution < -0.4 is 0 Å². The molecule has 0 bridgehead atoms. The van der Waals surface area contributed by atoms with Crippen molar-refractivity contribution in [3.63, 3.8) is 0 Å². The van der Waals surface area contributed by atoms with E-state index in [4.69, 9.17) is 0 Å². The number of carbonyl (C=O) groups excluding carboxylic acids is 1. The minimum atomic E-state index is -0.0336. The lowest BCUT2D eigenvalue weighted by atomic mass is 10.3. The van der Waals surface area contributed by atoms with E-state index in [0.29, 0.717) is 17.4 Å². The van der Waals surface area contributed by atoms with E-state index in [2.05, 4.69) is 15.4 Å². The Kier molecular flexibility index (Phi) is 1.79. The number of carbonyl (C=O) groups is 1. The normalized spacial score (nSPS) is 15.8. The van der Waals surface area contributed by atoms with Crippen molar-refractivity contribution in [2.24, 2.45) is 0 Å². The molecule has 0 unspecified atom stereocenters. The molecule has 1 amide bonds. The minimum Gasteiger partial charge on any atom is -0.337 e. The lowest BCUT2D eigenvalue weighted by molar-refractivity contribution is 0.0778. The van der Waals surface area contributed by atoms with Crippen LogP contribution in [-0.2, 0) is 0 Å². The van der Waals surface area contributed by atoms with Crippen molar-refractivity contribution in [1.82, 2.24) is 20.3 Å². The molecule has 0 radical (unpaired) electrons. The number of H-pyrrole nitrogens is 1. The molecule has 1 N–H and O–H groups in total. The fraction of sp³-hybridized carbons (Fsp3) is 0.625. The molecular weight excluding hydrogens is 168 g/mol. The van der Waals surface area contributed by atoms with Gasteiger partial charge in [0.25, 0.3) is 5.91 Å². The first-order valence-electron chi connectivity index (χ1n) is 4.34. The zero-order valence-electron chi connectivity index (χ0n) is 7.74. The summed E-state index contributed by atoms with van der Waals surface area (Å²) in [7, 11) is 1.81. The summed E-state index contributed by atoms with van der Waals surface area (Å²) in [5.74, 6) is -0.0336. The molecule has 0 saturated heterocycles. The zero-order chi connectivity index (χ0) is 9.42. The Balaban J connectivity index is 2.16. The minimum absolute atomic E-state index is 0.0336. The molecule has 0 spiro atoms. The predicted molar refractivity (Wildman–Crippen MR) is 46.2 cm³/mol. The van der Waals surface area contributed by atoms with Gasteiger partial charge in [-0.05, 0) is 19.8 Å². The molecule has 2 rings (SSSR count). The van der Waals surface area contributed by atoms with E-state index in [9.17, 15) is 4.79 Å². The van der Waals surface area contributed by atoms with Crippen molar-refractivity contribution < 1.29 is 4.79 Å². The molecule has 1 aliphatic carbocycles. The maximum absolute atomic E-state index is 11.7. The summed E-state index contributed by atoms with van der Waals surface area (Å²) in [6.45, 7) is 1.78. The van der Waals surface area contributed by atoms with E-state index in [1.807, 2.05) is 7.05 Å². The molecule has 0 aliphatic heterocycles. The maximum atomic E-state index is 11.7. The van der Waals surface area contributed by atoms with Gasteiger partial charge >= 0.3 is 0 Å². The lowest BCUT2D eigenvalue weighted by Gasteiger charge is -2.14. The highest BCUT2D eigenvalue weighted by atomic mass is 16.2. The van der Waals surface area contributed by atoms with Gasteiger partial charge in [-0.15, -0.1) is 0 Å². The van der Waals surface area contributed by atoms with Gasteiger partial charge in [0.05, 0.1) is 5.69 Å². The molecule has 70 valence electrons. The molecule has 1 aliphatic rings. The van der Waals surface area contributed by atoms with Gasteiger partial charge in [-0.3, -0.25) is 4.79 Å². The summed E-state index contributed by atoms with van der Waals surface area (Å²) >= 11 is 0. The third-order valence-corrected chi connectivity index (χ3v) is 2.34. The van der Waals surface area contributed by atoms with Crippen LogP contribution in [0.4, 0.5) is 0 Å². The van der Waals surface area contributed by atoms with Crippen LogP contribution in [0.1, 0.15) is 29.0 Å². The molecule has 13 heavy (non-hydrogen) atoms. The lowest BCUT2D eigenvalue weighted by Crippen LogP contribution is -2.29. The zero-order valence-corrected chi connectivity index (χ0v) is 7.74. The van der Waals surface area contributed by atoms with Gasteiger partial charge in [-0.1, -0.05) is 0 Å². The number of amides is 1. The predicted octanol–water partition coefficient (Wildman–Crippen LogP) is 0.348. The Hall–Kier alpha value is -1.39. The van der Waals surface area contributed by atoms with E-state index in [-0.39, 0.29) is 5.91 Å². The summed E-state index contributed by atoms with van der Waals surface area (Å²) in [5.41, 5.74) is 1.10. The SMILES string of the molecule is Cc1n[nH]nc1C(=O)N(C)C1CC1. The van der Waals surface area contributed by atoms with E-state index < -0.39 is 0 Å². The van der Waals surface area contributed by atoms with E-state index in [0.717, 1.165) is 12.8 Å². The Labute approximate surface area is 76.1 Å². The average Bonchev–Trinajstić information content (AvgIpc) is 2.87. The number of nitrogens with one attached hydrogen (secondary N) is 1. The number of rotatable bonds is 2.